The monoisotopic (exact) mass is 200 g/mol. The number of hydrogen-bond donors (Lipinski definition) is 2. The Morgan fingerprint density at radius 2 is 1.21 bits per heavy atom. The zero-order chi connectivity index (χ0) is 10.9. The second-order valence-corrected chi connectivity index (χ2v) is 3.12. The molecule has 1 saturated carbocycles. The summed E-state index contributed by atoms with van der Waals surface area (Å²) in [6.07, 6.45) is -1.02. The molecule has 1 aliphatic carbocycles. The molecular weight excluding hydrogens is 192 g/mol. The van der Waals surface area contributed by atoms with Gasteiger partial charge in [-0.2, -0.15) is 0 Å². The highest BCUT2D eigenvalue weighted by Crippen LogP contribution is 2.23. The van der Waals surface area contributed by atoms with E-state index in [2.05, 4.69) is 0 Å². The maximum atomic E-state index is 11.1. The molecular formula is C8H8O6. The van der Waals surface area contributed by atoms with E-state index >= 15 is 0 Å². The van der Waals surface area contributed by atoms with E-state index in [1.165, 1.54) is 0 Å². The summed E-state index contributed by atoms with van der Waals surface area (Å²) in [6.45, 7) is 0. The summed E-state index contributed by atoms with van der Waals surface area (Å²) in [6, 6.07) is 0. The number of rotatable bonds is 2. The van der Waals surface area contributed by atoms with Crippen molar-refractivity contribution in [1.29, 1.82) is 0 Å². The van der Waals surface area contributed by atoms with Crippen molar-refractivity contribution >= 4 is 23.5 Å². The summed E-state index contributed by atoms with van der Waals surface area (Å²) >= 11 is 0. The molecule has 2 unspecified atom stereocenters. The molecule has 0 aliphatic heterocycles. The van der Waals surface area contributed by atoms with Gasteiger partial charge in [0.05, 0.1) is 0 Å². The lowest BCUT2D eigenvalue weighted by Crippen LogP contribution is -2.39. The van der Waals surface area contributed by atoms with Gasteiger partial charge in [0.15, 0.2) is 0 Å². The van der Waals surface area contributed by atoms with Crippen molar-refractivity contribution in [2.45, 2.75) is 12.8 Å². The minimum atomic E-state index is -1.37. The standard InChI is InChI=1S/C8H8O6/c9-5-1-3(7(11)12)6(10)2-4(5)8(13)14/h3-4H,1-2H2,(H,11,12)(H,13,14). The van der Waals surface area contributed by atoms with E-state index in [0.717, 1.165) is 0 Å². The molecule has 0 aromatic heterocycles. The third kappa shape index (κ3) is 1.78. The molecule has 6 nitrogen and oxygen atoms in total. The number of carboxylic acids is 2. The smallest absolute Gasteiger partial charge is 0.314 e. The normalized spacial score (nSPS) is 27.4. The quantitative estimate of drug-likeness (QED) is 0.571. The van der Waals surface area contributed by atoms with E-state index in [-0.39, 0.29) is 0 Å². The molecule has 0 bridgehead atoms. The highest BCUT2D eigenvalue weighted by molar-refractivity contribution is 6.12. The first-order chi connectivity index (χ1) is 6.43. The van der Waals surface area contributed by atoms with Crippen LogP contribution in [0.25, 0.3) is 0 Å². The van der Waals surface area contributed by atoms with Crippen LogP contribution in [0.4, 0.5) is 0 Å². The van der Waals surface area contributed by atoms with Crippen molar-refractivity contribution in [2.24, 2.45) is 11.8 Å². The van der Waals surface area contributed by atoms with Crippen LogP contribution < -0.4 is 0 Å². The Kier molecular flexibility index (Phi) is 2.64. The van der Waals surface area contributed by atoms with E-state index < -0.39 is 48.2 Å². The predicted molar refractivity (Wildman–Crippen MR) is 41.5 cm³/mol. The SMILES string of the molecule is O=C(O)C1CC(=O)C(C(=O)O)CC1=O. The molecule has 0 amide bonds. The fourth-order valence-electron chi connectivity index (χ4n) is 1.36. The van der Waals surface area contributed by atoms with Crippen LogP contribution in [0.15, 0.2) is 0 Å². The van der Waals surface area contributed by atoms with Crippen molar-refractivity contribution in [3.8, 4) is 0 Å². The predicted octanol–water partition coefficient (Wildman–Crippen LogP) is -0.680. The van der Waals surface area contributed by atoms with Crippen LogP contribution in [-0.2, 0) is 19.2 Å². The summed E-state index contributed by atoms with van der Waals surface area (Å²) in [5, 5.41) is 17.1. The van der Waals surface area contributed by atoms with Gasteiger partial charge in [0, 0.05) is 12.8 Å². The van der Waals surface area contributed by atoms with E-state index in [4.69, 9.17) is 10.2 Å². The molecule has 76 valence electrons. The molecule has 1 aliphatic rings. The van der Waals surface area contributed by atoms with Crippen LogP contribution in [-0.4, -0.2) is 33.7 Å². The fraction of sp³-hybridized carbons (Fsp3) is 0.500. The van der Waals surface area contributed by atoms with Gasteiger partial charge in [-0.25, -0.2) is 0 Å². The Morgan fingerprint density at radius 1 is 0.929 bits per heavy atom. The summed E-state index contributed by atoms with van der Waals surface area (Å²) in [5.74, 6) is -6.84. The molecule has 0 spiro atoms. The van der Waals surface area contributed by atoms with Crippen LogP contribution >= 0.6 is 0 Å². The van der Waals surface area contributed by atoms with E-state index in [1.54, 1.807) is 0 Å². The maximum Gasteiger partial charge on any atom is 0.314 e. The average Bonchev–Trinajstić information content (AvgIpc) is 2.07. The highest BCUT2D eigenvalue weighted by Gasteiger charge is 2.41. The van der Waals surface area contributed by atoms with E-state index in [1.807, 2.05) is 0 Å². The number of carbonyl (C=O) groups excluding carboxylic acids is 2. The third-order valence-corrected chi connectivity index (χ3v) is 2.18. The van der Waals surface area contributed by atoms with E-state index in [9.17, 15) is 19.2 Å². The Morgan fingerprint density at radius 3 is 1.43 bits per heavy atom. The number of Topliss-reactive ketones (excluding diaryl/α,β-unsaturated/α-hetero) is 2. The fourth-order valence-corrected chi connectivity index (χ4v) is 1.36. The lowest BCUT2D eigenvalue weighted by Gasteiger charge is -2.20. The van der Waals surface area contributed by atoms with Gasteiger partial charge in [-0.15, -0.1) is 0 Å². The number of carbonyl (C=O) groups is 4. The minimum Gasteiger partial charge on any atom is -0.481 e. The van der Waals surface area contributed by atoms with E-state index in [0.29, 0.717) is 0 Å². The van der Waals surface area contributed by atoms with Crippen LogP contribution in [0, 0.1) is 11.8 Å². The first-order valence-corrected chi connectivity index (χ1v) is 3.94. The summed E-state index contributed by atoms with van der Waals surface area (Å²) in [7, 11) is 0. The molecule has 1 rings (SSSR count). The van der Waals surface area contributed by atoms with Crippen LogP contribution in [0.5, 0.6) is 0 Å². The molecule has 2 N–H and O–H groups in total. The summed E-state index contributed by atoms with van der Waals surface area (Å²) < 4.78 is 0. The topological polar surface area (TPSA) is 109 Å². The van der Waals surface area contributed by atoms with Gasteiger partial charge in [-0.3, -0.25) is 19.2 Å². The molecule has 2 atom stereocenters. The van der Waals surface area contributed by atoms with Gasteiger partial charge in [-0.1, -0.05) is 0 Å². The zero-order valence-electron chi connectivity index (χ0n) is 7.10. The van der Waals surface area contributed by atoms with Gasteiger partial charge in [0.25, 0.3) is 0 Å². The average molecular weight is 200 g/mol. The number of hydrogen-bond acceptors (Lipinski definition) is 4. The zero-order valence-corrected chi connectivity index (χ0v) is 7.10. The first-order valence-electron chi connectivity index (χ1n) is 3.94. The van der Waals surface area contributed by atoms with Crippen molar-refractivity contribution < 1.29 is 29.4 Å². The molecule has 0 aromatic carbocycles. The maximum absolute atomic E-state index is 11.1. The molecule has 6 heteroatoms. The van der Waals surface area contributed by atoms with Crippen molar-refractivity contribution in [1.82, 2.24) is 0 Å². The van der Waals surface area contributed by atoms with Crippen LogP contribution in [0.1, 0.15) is 12.8 Å². The largest absolute Gasteiger partial charge is 0.481 e. The Hall–Kier alpha value is -1.72. The molecule has 0 saturated heterocycles. The van der Waals surface area contributed by atoms with Gasteiger partial charge >= 0.3 is 11.9 Å². The lowest BCUT2D eigenvalue weighted by molar-refractivity contribution is -0.158. The first kappa shape index (κ1) is 10.4. The van der Waals surface area contributed by atoms with Crippen LogP contribution in [0.3, 0.4) is 0 Å². The van der Waals surface area contributed by atoms with Gasteiger partial charge in [0.1, 0.15) is 23.4 Å². The van der Waals surface area contributed by atoms with Crippen molar-refractivity contribution in [3.05, 3.63) is 0 Å². The third-order valence-electron chi connectivity index (χ3n) is 2.18. The highest BCUT2D eigenvalue weighted by atomic mass is 16.4. The second-order valence-electron chi connectivity index (χ2n) is 3.12. The van der Waals surface area contributed by atoms with Crippen molar-refractivity contribution in [3.63, 3.8) is 0 Å². The number of aliphatic carboxylic acids is 2. The Bertz CT molecular complexity index is 286. The van der Waals surface area contributed by atoms with Gasteiger partial charge in [-0.05, 0) is 0 Å². The Labute approximate surface area is 78.5 Å². The molecule has 0 heterocycles. The molecule has 0 radical (unpaired) electrons. The molecule has 0 aromatic rings. The van der Waals surface area contributed by atoms with Crippen molar-refractivity contribution in [2.75, 3.05) is 0 Å². The molecule has 14 heavy (non-hydrogen) atoms. The second kappa shape index (κ2) is 3.57. The summed E-state index contributed by atoms with van der Waals surface area (Å²) in [4.78, 5) is 43.1. The summed E-state index contributed by atoms with van der Waals surface area (Å²) in [5.41, 5.74) is 0. The van der Waals surface area contributed by atoms with Crippen LogP contribution in [0.2, 0.25) is 0 Å². The number of ketones is 2. The number of carboxylic acid groups (broad SMARTS) is 2. The van der Waals surface area contributed by atoms with Gasteiger partial charge in [0.2, 0.25) is 0 Å². The van der Waals surface area contributed by atoms with Gasteiger partial charge < -0.3 is 10.2 Å². The lowest BCUT2D eigenvalue weighted by atomic mass is 9.80. The minimum absolute atomic E-state index is 0.509. The Balaban J connectivity index is 2.82. The molecule has 1 fully saturated rings.